The molecule has 0 aliphatic carbocycles. The van der Waals surface area contributed by atoms with Crippen molar-refractivity contribution in [3.8, 4) is 17.0 Å². The van der Waals surface area contributed by atoms with Gasteiger partial charge in [-0.3, -0.25) is 9.78 Å². The minimum absolute atomic E-state index is 0.00111. The summed E-state index contributed by atoms with van der Waals surface area (Å²) in [6.45, 7) is 3.85. The summed E-state index contributed by atoms with van der Waals surface area (Å²) in [4.78, 5) is 18.1. The average Bonchev–Trinajstić information content (AvgIpc) is 3.12. The Morgan fingerprint density at radius 1 is 1.23 bits per heavy atom. The molecular formula is C19H19N5O2. The summed E-state index contributed by atoms with van der Waals surface area (Å²) in [5.74, 6) is 0.841. The molecule has 132 valence electrons. The molecule has 3 aromatic rings. The zero-order valence-electron chi connectivity index (χ0n) is 14.4. The molecule has 1 aliphatic heterocycles. The van der Waals surface area contributed by atoms with E-state index in [1.165, 1.54) is 0 Å². The average molecular weight is 349 g/mol. The van der Waals surface area contributed by atoms with Crippen molar-refractivity contribution in [2.75, 3.05) is 19.7 Å². The van der Waals surface area contributed by atoms with Gasteiger partial charge in [-0.1, -0.05) is 5.21 Å². The number of rotatable bonds is 5. The van der Waals surface area contributed by atoms with E-state index in [9.17, 15) is 4.79 Å². The number of hydrogen-bond acceptors (Lipinski definition) is 5. The smallest absolute Gasteiger partial charge is 0.255 e. The topological polar surface area (TPSA) is 73.1 Å². The van der Waals surface area contributed by atoms with Crippen LogP contribution < -0.4 is 4.74 Å². The molecule has 4 rings (SSSR count). The lowest BCUT2D eigenvalue weighted by Crippen LogP contribution is -2.50. The van der Waals surface area contributed by atoms with Crippen LogP contribution in [-0.2, 0) is 0 Å². The highest BCUT2D eigenvalue weighted by Gasteiger charge is 2.33. The third-order valence-corrected chi connectivity index (χ3v) is 4.40. The fourth-order valence-electron chi connectivity index (χ4n) is 2.94. The fourth-order valence-corrected chi connectivity index (χ4v) is 2.94. The van der Waals surface area contributed by atoms with Crippen LogP contribution in [0.4, 0.5) is 0 Å². The van der Waals surface area contributed by atoms with E-state index in [0.29, 0.717) is 25.3 Å². The van der Waals surface area contributed by atoms with Crippen LogP contribution in [0.2, 0.25) is 0 Å². The molecule has 26 heavy (non-hydrogen) atoms. The monoisotopic (exact) mass is 349 g/mol. The molecule has 2 aromatic heterocycles. The predicted octanol–water partition coefficient (Wildman–Crippen LogP) is 2.44. The Balaban J connectivity index is 1.39. The Morgan fingerprint density at radius 3 is 2.73 bits per heavy atom. The number of carbonyl (C=O) groups is 1. The van der Waals surface area contributed by atoms with Crippen molar-refractivity contribution < 1.29 is 9.53 Å². The van der Waals surface area contributed by atoms with Crippen LogP contribution in [0.3, 0.4) is 0 Å². The quantitative estimate of drug-likeness (QED) is 0.707. The Bertz CT molecular complexity index is 886. The normalized spacial score (nSPS) is 14.1. The number of aromatic nitrogens is 4. The molecular weight excluding hydrogens is 330 g/mol. The first-order valence-corrected chi connectivity index (χ1v) is 8.59. The molecule has 0 unspecified atom stereocenters. The standard InChI is InChI=1S/C19H19N5O2/c1-2-26-17-7-5-14(6-8-17)18-13-24(22-21-18)16-11-23(12-16)19(25)15-4-3-9-20-10-15/h3-10,13,16H,2,11-12H2,1H3. The molecule has 0 bridgehead atoms. The van der Waals surface area contributed by atoms with Crippen LogP contribution in [0.5, 0.6) is 5.75 Å². The molecule has 0 N–H and O–H groups in total. The number of ether oxygens (including phenoxy) is 1. The van der Waals surface area contributed by atoms with Crippen molar-refractivity contribution >= 4 is 5.91 Å². The molecule has 7 nitrogen and oxygen atoms in total. The largest absolute Gasteiger partial charge is 0.494 e. The van der Waals surface area contributed by atoms with Gasteiger partial charge in [-0.2, -0.15) is 0 Å². The first-order valence-electron chi connectivity index (χ1n) is 8.59. The number of carbonyl (C=O) groups excluding carboxylic acids is 1. The molecule has 7 heteroatoms. The van der Waals surface area contributed by atoms with Gasteiger partial charge in [-0.25, -0.2) is 4.68 Å². The number of benzene rings is 1. The van der Waals surface area contributed by atoms with Crippen molar-refractivity contribution in [3.05, 3.63) is 60.6 Å². The van der Waals surface area contributed by atoms with Crippen molar-refractivity contribution in [1.29, 1.82) is 0 Å². The van der Waals surface area contributed by atoms with Crippen LogP contribution >= 0.6 is 0 Å². The van der Waals surface area contributed by atoms with Crippen LogP contribution in [0.25, 0.3) is 11.3 Å². The van der Waals surface area contributed by atoms with E-state index in [-0.39, 0.29) is 11.9 Å². The van der Waals surface area contributed by atoms with Crippen molar-refractivity contribution in [2.45, 2.75) is 13.0 Å². The molecule has 0 saturated carbocycles. The maximum absolute atomic E-state index is 12.3. The Kier molecular flexibility index (Phi) is 4.35. The predicted molar refractivity (Wildman–Crippen MR) is 95.8 cm³/mol. The zero-order chi connectivity index (χ0) is 17.9. The van der Waals surface area contributed by atoms with Gasteiger partial charge in [-0.15, -0.1) is 5.10 Å². The lowest BCUT2D eigenvalue weighted by molar-refractivity contribution is 0.0498. The number of hydrogen-bond donors (Lipinski definition) is 0. The SMILES string of the molecule is CCOc1ccc(-c2cn(C3CN(C(=O)c4cccnc4)C3)nn2)cc1. The van der Waals surface area contributed by atoms with E-state index in [1.807, 2.05) is 42.1 Å². The van der Waals surface area contributed by atoms with Gasteiger partial charge < -0.3 is 9.64 Å². The van der Waals surface area contributed by atoms with Gasteiger partial charge in [0.05, 0.1) is 24.4 Å². The second kappa shape index (κ2) is 6.95. The number of likely N-dealkylation sites (tertiary alicyclic amines) is 1. The highest BCUT2D eigenvalue weighted by atomic mass is 16.5. The van der Waals surface area contributed by atoms with Gasteiger partial charge in [0.15, 0.2) is 0 Å². The summed E-state index contributed by atoms with van der Waals surface area (Å²) in [5, 5.41) is 8.48. The lowest BCUT2D eigenvalue weighted by atomic mass is 10.1. The summed E-state index contributed by atoms with van der Waals surface area (Å²) < 4.78 is 7.29. The number of amides is 1. The highest BCUT2D eigenvalue weighted by Crippen LogP contribution is 2.25. The second-order valence-electron chi connectivity index (χ2n) is 6.15. The summed E-state index contributed by atoms with van der Waals surface area (Å²) in [5.41, 5.74) is 2.41. The molecule has 1 fully saturated rings. The van der Waals surface area contributed by atoms with Gasteiger partial charge in [0, 0.05) is 31.0 Å². The molecule has 3 heterocycles. The number of nitrogens with zero attached hydrogens (tertiary/aromatic N) is 5. The second-order valence-corrected chi connectivity index (χ2v) is 6.15. The van der Waals surface area contributed by atoms with E-state index in [0.717, 1.165) is 17.0 Å². The molecule has 1 aromatic carbocycles. The van der Waals surface area contributed by atoms with Gasteiger partial charge in [0.2, 0.25) is 0 Å². The van der Waals surface area contributed by atoms with Crippen LogP contribution in [-0.4, -0.2) is 50.5 Å². The maximum Gasteiger partial charge on any atom is 0.255 e. The minimum Gasteiger partial charge on any atom is -0.494 e. The van der Waals surface area contributed by atoms with Gasteiger partial charge in [0.25, 0.3) is 5.91 Å². The summed E-state index contributed by atoms with van der Waals surface area (Å²) >= 11 is 0. The molecule has 1 saturated heterocycles. The third-order valence-electron chi connectivity index (χ3n) is 4.40. The third kappa shape index (κ3) is 3.15. The maximum atomic E-state index is 12.3. The first-order chi connectivity index (χ1) is 12.7. The Labute approximate surface area is 151 Å². The van der Waals surface area contributed by atoms with Crippen molar-refractivity contribution in [1.82, 2.24) is 24.9 Å². The summed E-state index contributed by atoms with van der Waals surface area (Å²) in [6, 6.07) is 11.5. The van der Waals surface area contributed by atoms with Gasteiger partial charge in [0.1, 0.15) is 11.4 Å². The Morgan fingerprint density at radius 2 is 2.04 bits per heavy atom. The van der Waals surface area contributed by atoms with E-state index in [4.69, 9.17) is 4.74 Å². The summed E-state index contributed by atoms with van der Waals surface area (Å²) in [6.07, 6.45) is 5.18. The van der Waals surface area contributed by atoms with E-state index >= 15 is 0 Å². The zero-order valence-corrected chi connectivity index (χ0v) is 14.4. The lowest BCUT2D eigenvalue weighted by Gasteiger charge is -2.38. The molecule has 0 spiro atoms. The summed E-state index contributed by atoms with van der Waals surface area (Å²) in [7, 11) is 0. The van der Waals surface area contributed by atoms with Gasteiger partial charge in [-0.05, 0) is 43.3 Å². The van der Waals surface area contributed by atoms with Crippen LogP contribution in [0.1, 0.15) is 23.3 Å². The molecule has 1 amide bonds. The van der Waals surface area contributed by atoms with Crippen LogP contribution in [0, 0.1) is 0 Å². The van der Waals surface area contributed by atoms with Crippen molar-refractivity contribution in [2.24, 2.45) is 0 Å². The van der Waals surface area contributed by atoms with Crippen molar-refractivity contribution in [3.63, 3.8) is 0 Å². The van der Waals surface area contributed by atoms with E-state index in [1.54, 1.807) is 29.4 Å². The molecule has 0 atom stereocenters. The van der Waals surface area contributed by atoms with E-state index in [2.05, 4.69) is 15.3 Å². The number of pyridine rings is 1. The first kappa shape index (κ1) is 16.3. The molecule has 1 aliphatic rings. The minimum atomic E-state index is 0.00111. The van der Waals surface area contributed by atoms with Gasteiger partial charge >= 0.3 is 0 Å². The Hall–Kier alpha value is -3.22. The molecule has 0 radical (unpaired) electrons. The fraction of sp³-hybridized carbons (Fsp3) is 0.263. The van der Waals surface area contributed by atoms with Crippen LogP contribution in [0.15, 0.2) is 55.0 Å². The van der Waals surface area contributed by atoms with E-state index < -0.39 is 0 Å². The highest BCUT2D eigenvalue weighted by molar-refractivity contribution is 5.94.